The van der Waals surface area contributed by atoms with E-state index in [1.54, 1.807) is 11.3 Å². The molecule has 0 spiro atoms. The molecule has 25 heavy (non-hydrogen) atoms. The third-order valence-corrected chi connectivity index (χ3v) is 4.73. The highest BCUT2D eigenvalue weighted by molar-refractivity contribution is 7.13. The number of carbonyl (C=O) groups is 1. The molecule has 0 saturated carbocycles. The Labute approximate surface area is 151 Å². The summed E-state index contributed by atoms with van der Waals surface area (Å²) in [7, 11) is 3.99. The predicted octanol–water partition coefficient (Wildman–Crippen LogP) is 3.64. The van der Waals surface area contributed by atoms with Gasteiger partial charge < -0.3 is 14.6 Å². The van der Waals surface area contributed by atoms with Crippen LogP contribution in [0.1, 0.15) is 17.0 Å². The fraction of sp³-hybridized carbons (Fsp3) is 0.263. The Balaban J connectivity index is 1.61. The highest BCUT2D eigenvalue weighted by Crippen LogP contribution is 2.26. The monoisotopic (exact) mass is 355 g/mol. The second-order valence-electron chi connectivity index (χ2n) is 6.02. The van der Waals surface area contributed by atoms with E-state index in [9.17, 15) is 4.79 Å². The summed E-state index contributed by atoms with van der Waals surface area (Å²) < 4.78 is 5.68. The van der Waals surface area contributed by atoms with Crippen molar-refractivity contribution in [3.05, 3.63) is 58.8 Å². The van der Waals surface area contributed by atoms with Crippen LogP contribution < -0.4 is 10.2 Å². The van der Waals surface area contributed by atoms with E-state index >= 15 is 0 Å². The molecule has 1 aromatic carbocycles. The van der Waals surface area contributed by atoms with Crippen molar-refractivity contribution in [1.82, 2.24) is 10.3 Å². The summed E-state index contributed by atoms with van der Waals surface area (Å²) in [6, 6.07) is 12.0. The average molecular weight is 355 g/mol. The van der Waals surface area contributed by atoms with Crippen molar-refractivity contribution in [3.8, 4) is 10.8 Å². The number of benzene rings is 1. The molecule has 0 aliphatic heterocycles. The van der Waals surface area contributed by atoms with Gasteiger partial charge in [-0.15, -0.1) is 11.3 Å². The fourth-order valence-electron chi connectivity index (χ4n) is 2.46. The second kappa shape index (κ2) is 7.53. The number of thiophene rings is 1. The minimum Gasteiger partial charge on any atom is -0.440 e. The van der Waals surface area contributed by atoms with Crippen molar-refractivity contribution < 1.29 is 9.21 Å². The van der Waals surface area contributed by atoms with Crippen molar-refractivity contribution in [2.45, 2.75) is 19.9 Å². The summed E-state index contributed by atoms with van der Waals surface area (Å²) in [4.78, 5) is 19.7. The third-order valence-electron chi connectivity index (χ3n) is 3.87. The van der Waals surface area contributed by atoms with Crippen LogP contribution in [0.3, 0.4) is 0 Å². The molecule has 0 bridgehead atoms. The summed E-state index contributed by atoms with van der Waals surface area (Å²) in [5, 5.41) is 4.92. The van der Waals surface area contributed by atoms with Crippen LogP contribution >= 0.6 is 11.3 Å². The van der Waals surface area contributed by atoms with Gasteiger partial charge in [0.25, 0.3) is 0 Å². The molecule has 0 aliphatic carbocycles. The lowest BCUT2D eigenvalue weighted by Gasteiger charge is -2.13. The van der Waals surface area contributed by atoms with Crippen LogP contribution in [-0.2, 0) is 17.8 Å². The van der Waals surface area contributed by atoms with Gasteiger partial charge in [0.1, 0.15) is 5.76 Å². The molecule has 0 aliphatic rings. The zero-order valence-corrected chi connectivity index (χ0v) is 15.4. The number of hydrogen-bond donors (Lipinski definition) is 1. The maximum atomic E-state index is 12.3. The molecule has 0 saturated heterocycles. The Bertz CT molecular complexity index is 853. The highest BCUT2D eigenvalue weighted by atomic mass is 32.1. The molecular formula is C19H21N3O2S. The number of amides is 1. The number of aryl methyl sites for hydroxylation is 1. The van der Waals surface area contributed by atoms with Crippen LogP contribution in [-0.4, -0.2) is 25.0 Å². The third kappa shape index (κ3) is 4.28. The van der Waals surface area contributed by atoms with Gasteiger partial charge in [0, 0.05) is 26.3 Å². The van der Waals surface area contributed by atoms with Crippen molar-refractivity contribution in [2.75, 3.05) is 19.0 Å². The maximum Gasteiger partial charge on any atom is 0.236 e. The Morgan fingerprint density at radius 1 is 1.28 bits per heavy atom. The molecule has 2 heterocycles. The van der Waals surface area contributed by atoms with Crippen molar-refractivity contribution in [1.29, 1.82) is 0 Å². The normalized spacial score (nSPS) is 10.7. The maximum absolute atomic E-state index is 12.3. The molecule has 1 amide bonds. The van der Waals surface area contributed by atoms with Crippen LogP contribution in [0.5, 0.6) is 0 Å². The van der Waals surface area contributed by atoms with Crippen LogP contribution in [0.15, 0.2) is 46.2 Å². The Morgan fingerprint density at radius 3 is 2.84 bits per heavy atom. The molecule has 0 unspecified atom stereocenters. The number of anilines is 1. The van der Waals surface area contributed by atoms with Gasteiger partial charge in [0.15, 0.2) is 0 Å². The summed E-state index contributed by atoms with van der Waals surface area (Å²) >= 11 is 1.57. The first-order valence-corrected chi connectivity index (χ1v) is 8.94. The average Bonchev–Trinajstić information content (AvgIpc) is 3.24. The second-order valence-corrected chi connectivity index (χ2v) is 6.96. The smallest absolute Gasteiger partial charge is 0.236 e. The molecule has 0 atom stereocenters. The molecule has 130 valence electrons. The van der Waals surface area contributed by atoms with Gasteiger partial charge in [-0.25, -0.2) is 4.98 Å². The lowest BCUT2D eigenvalue weighted by atomic mass is 10.2. The van der Waals surface area contributed by atoms with E-state index in [-0.39, 0.29) is 12.3 Å². The summed E-state index contributed by atoms with van der Waals surface area (Å²) in [6.45, 7) is 2.34. The zero-order chi connectivity index (χ0) is 17.8. The van der Waals surface area contributed by atoms with Gasteiger partial charge in [-0.05, 0) is 36.1 Å². The number of carbonyl (C=O) groups excluding carboxylic acids is 1. The van der Waals surface area contributed by atoms with E-state index in [4.69, 9.17) is 4.42 Å². The van der Waals surface area contributed by atoms with E-state index in [1.807, 2.05) is 61.6 Å². The molecule has 0 radical (unpaired) electrons. The first-order chi connectivity index (χ1) is 12.0. The van der Waals surface area contributed by atoms with Gasteiger partial charge in [-0.1, -0.05) is 18.2 Å². The number of rotatable bonds is 6. The number of aromatic nitrogens is 1. The highest BCUT2D eigenvalue weighted by Gasteiger charge is 2.15. The van der Waals surface area contributed by atoms with Crippen molar-refractivity contribution in [2.24, 2.45) is 0 Å². The molecule has 3 aromatic rings. The molecular weight excluding hydrogens is 334 g/mol. The first-order valence-electron chi connectivity index (χ1n) is 8.06. The summed E-state index contributed by atoms with van der Waals surface area (Å²) in [5.41, 5.74) is 2.86. The van der Waals surface area contributed by atoms with E-state index in [1.165, 1.54) is 0 Å². The van der Waals surface area contributed by atoms with E-state index in [0.29, 0.717) is 23.9 Å². The molecule has 3 rings (SSSR count). The number of nitrogens with zero attached hydrogens (tertiary/aromatic N) is 2. The van der Waals surface area contributed by atoms with Gasteiger partial charge in [-0.2, -0.15) is 0 Å². The minimum atomic E-state index is -0.0654. The fourth-order valence-corrected chi connectivity index (χ4v) is 3.11. The minimum absolute atomic E-state index is 0.0654. The molecule has 2 aromatic heterocycles. The SMILES string of the molecule is Cc1oc(-c2cccs2)nc1CC(=O)NCc1cccc(N(C)C)c1. The van der Waals surface area contributed by atoms with Gasteiger partial charge >= 0.3 is 0 Å². The Morgan fingerprint density at radius 2 is 2.12 bits per heavy atom. The van der Waals surface area contributed by atoms with Crippen LogP contribution in [0, 0.1) is 6.92 Å². The van der Waals surface area contributed by atoms with Gasteiger partial charge in [0.2, 0.25) is 11.8 Å². The number of hydrogen-bond acceptors (Lipinski definition) is 5. The molecule has 5 nitrogen and oxygen atoms in total. The largest absolute Gasteiger partial charge is 0.440 e. The molecule has 6 heteroatoms. The van der Waals surface area contributed by atoms with Crippen molar-refractivity contribution in [3.63, 3.8) is 0 Å². The number of nitrogens with one attached hydrogen (secondary N) is 1. The van der Waals surface area contributed by atoms with Crippen LogP contribution in [0.4, 0.5) is 5.69 Å². The van der Waals surface area contributed by atoms with Crippen LogP contribution in [0.25, 0.3) is 10.8 Å². The Kier molecular flexibility index (Phi) is 5.19. The van der Waals surface area contributed by atoms with E-state index in [2.05, 4.69) is 16.4 Å². The van der Waals surface area contributed by atoms with Crippen LogP contribution in [0.2, 0.25) is 0 Å². The number of oxazole rings is 1. The predicted molar refractivity (Wildman–Crippen MR) is 101 cm³/mol. The first kappa shape index (κ1) is 17.2. The standard InChI is InChI=1S/C19H21N3O2S/c1-13-16(21-19(24-13)17-8-5-9-25-17)11-18(23)20-12-14-6-4-7-15(10-14)22(2)3/h4-10H,11-12H2,1-3H3,(H,20,23). The molecule has 0 fully saturated rings. The summed E-state index contributed by atoms with van der Waals surface area (Å²) in [6.07, 6.45) is 0.216. The Hall–Kier alpha value is -2.60. The zero-order valence-electron chi connectivity index (χ0n) is 14.6. The van der Waals surface area contributed by atoms with E-state index < -0.39 is 0 Å². The summed E-state index contributed by atoms with van der Waals surface area (Å²) in [5.74, 6) is 1.20. The van der Waals surface area contributed by atoms with Gasteiger partial charge in [-0.3, -0.25) is 4.79 Å². The lowest BCUT2D eigenvalue weighted by molar-refractivity contribution is -0.120. The van der Waals surface area contributed by atoms with Gasteiger partial charge in [0.05, 0.1) is 17.0 Å². The lowest BCUT2D eigenvalue weighted by Crippen LogP contribution is -2.25. The molecule has 1 N–H and O–H groups in total. The van der Waals surface area contributed by atoms with Crippen molar-refractivity contribution >= 4 is 22.9 Å². The topological polar surface area (TPSA) is 58.4 Å². The van der Waals surface area contributed by atoms with E-state index in [0.717, 1.165) is 16.1 Å². The quantitative estimate of drug-likeness (QED) is 0.733.